The molecule has 1 aliphatic heterocycles. The molecule has 0 bridgehead atoms. The van der Waals surface area contributed by atoms with Gasteiger partial charge < -0.3 is 28.6 Å². The van der Waals surface area contributed by atoms with Crippen molar-refractivity contribution < 1.29 is 33.3 Å². The SMILES string of the molecule is CCOc1cc(/C=N/NC(=O)COc2nc(C)cc(COC)c2C#N)ccc1OCC(=O)N1CCOCC1. The molecule has 1 aliphatic rings. The number of nitriles is 1. The van der Waals surface area contributed by atoms with Crippen LogP contribution in [0, 0.1) is 18.3 Å². The van der Waals surface area contributed by atoms with E-state index in [-0.39, 0.29) is 37.2 Å². The van der Waals surface area contributed by atoms with Gasteiger partial charge in [-0.25, -0.2) is 10.4 Å². The van der Waals surface area contributed by atoms with Crippen molar-refractivity contribution in [2.24, 2.45) is 5.10 Å². The van der Waals surface area contributed by atoms with Gasteiger partial charge in [0, 0.05) is 31.5 Å². The summed E-state index contributed by atoms with van der Waals surface area (Å²) >= 11 is 0. The third-order valence-corrected chi connectivity index (χ3v) is 5.33. The number of hydrazone groups is 1. The van der Waals surface area contributed by atoms with Crippen LogP contribution in [0.2, 0.25) is 0 Å². The van der Waals surface area contributed by atoms with Crippen LogP contribution < -0.4 is 19.6 Å². The van der Waals surface area contributed by atoms with E-state index in [0.717, 1.165) is 0 Å². The van der Waals surface area contributed by atoms with Gasteiger partial charge in [-0.05, 0) is 43.7 Å². The monoisotopic (exact) mass is 525 g/mol. The van der Waals surface area contributed by atoms with Crippen LogP contribution in [0.15, 0.2) is 29.4 Å². The number of hydrogen-bond acceptors (Lipinski definition) is 10. The average molecular weight is 526 g/mol. The fraction of sp³-hybridized carbons (Fsp3) is 0.423. The van der Waals surface area contributed by atoms with Crippen molar-refractivity contribution in [2.45, 2.75) is 20.5 Å². The zero-order valence-corrected chi connectivity index (χ0v) is 21.7. The number of amides is 2. The van der Waals surface area contributed by atoms with Gasteiger partial charge in [-0.1, -0.05) is 0 Å². The zero-order chi connectivity index (χ0) is 27.3. The van der Waals surface area contributed by atoms with Gasteiger partial charge >= 0.3 is 0 Å². The minimum absolute atomic E-state index is 0.0581. The maximum Gasteiger partial charge on any atom is 0.278 e. The van der Waals surface area contributed by atoms with Crippen LogP contribution in [0.3, 0.4) is 0 Å². The maximum atomic E-state index is 12.4. The smallest absolute Gasteiger partial charge is 0.278 e. The van der Waals surface area contributed by atoms with Gasteiger partial charge in [0.25, 0.3) is 11.8 Å². The number of pyridine rings is 1. The summed E-state index contributed by atoms with van der Waals surface area (Å²) in [6, 6.07) is 8.86. The highest BCUT2D eigenvalue weighted by atomic mass is 16.5. The highest BCUT2D eigenvalue weighted by molar-refractivity contribution is 5.84. The van der Waals surface area contributed by atoms with E-state index in [1.807, 2.05) is 13.0 Å². The first-order chi connectivity index (χ1) is 18.4. The Kier molecular flexibility index (Phi) is 10.8. The van der Waals surface area contributed by atoms with Crippen LogP contribution in [0.25, 0.3) is 0 Å². The van der Waals surface area contributed by atoms with Crippen molar-refractivity contribution in [3.05, 3.63) is 46.6 Å². The van der Waals surface area contributed by atoms with Gasteiger partial charge in [0.1, 0.15) is 11.6 Å². The second-order valence-electron chi connectivity index (χ2n) is 8.15. The molecule has 0 spiro atoms. The molecule has 202 valence electrons. The Bertz CT molecular complexity index is 1190. The van der Waals surface area contributed by atoms with E-state index in [1.54, 1.807) is 36.1 Å². The fourth-order valence-electron chi connectivity index (χ4n) is 3.58. The van der Waals surface area contributed by atoms with Gasteiger partial charge in [0.05, 0.1) is 32.6 Å². The summed E-state index contributed by atoms with van der Waals surface area (Å²) < 4.78 is 27.2. The highest BCUT2D eigenvalue weighted by Gasteiger charge is 2.18. The molecule has 1 saturated heterocycles. The van der Waals surface area contributed by atoms with Gasteiger partial charge in [-0.3, -0.25) is 9.59 Å². The molecule has 2 aromatic rings. The molecule has 1 aromatic carbocycles. The summed E-state index contributed by atoms with van der Waals surface area (Å²) in [6.45, 7) is 5.84. The predicted molar refractivity (Wildman–Crippen MR) is 136 cm³/mol. The van der Waals surface area contributed by atoms with Crippen molar-refractivity contribution in [3.63, 3.8) is 0 Å². The van der Waals surface area contributed by atoms with Crippen LogP contribution in [0.5, 0.6) is 17.4 Å². The summed E-state index contributed by atoms with van der Waals surface area (Å²) in [7, 11) is 1.52. The molecule has 0 saturated carbocycles. The molecule has 0 aliphatic carbocycles. The molecule has 12 heteroatoms. The Hall–Kier alpha value is -4.21. The van der Waals surface area contributed by atoms with E-state index in [9.17, 15) is 14.9 Å². The maximum absolute atomic E-state index is 12.4. The Morgan fingerprint density at radius 2 is 1.97 bits per heavy atom. The lowest BCUT2D eigenvalue weighted by Crippen LogP contribution is -2.43. The molecule has 2 amide bonds. The topological polar surface area (TPSA) is 145 Å². The number of ether oxygens (including phenoxy) is 5. The summed E-state index contributed by atoms with van der Waals surface area (Å²) in [5.74, 6) is 0.275. The Morgan fingerprint density at radius 3 is 2.68 bits per heavy atom. The number of morpholine rings is 1. The number of carbonyl (C=O) groups is 2. The first-order valence-corrected chi connectivity index (χ1v) is 12.0. The highest BCUT2D eigenvalue weighted by Crippen LogP contribution is 2.28. The number of aromatic nitrogens is 1. The molecule has 12 nitrogen and oxygen atoms in total. The summed E-state index contributed by atoms with van der Waals surface area (Å²) in [5.41, 5.74) is 4.48. The zero-order valence-electron chi connectivity index (χ0n) is 21.7. The number of aryl methyl sites for hydroxylation is 1. The van der Waals surface area contributed by atoms with Gasteiger partial charge in [-0.15, -0.1) is 0 Å². The number of benzene rings is 1. The predicted octanol–water partition coefficient (Wildman–Crippen LogP) is 1.57. The lowest BCUT2D eigenvalue weighted by Gasteiger charge is -2.26. The Labute approximate surface area is 221 Å². The molecule has 0 unspecified atom stereocenters. The minimum Gasteiger partial charge on any atom is -0.490 e. The van der Waals surface area contributed by atoms with E-state index < -0.39 is 5.91 Å². The molecule has 3 rings (SSSR count). The lowest BCUT2D eigenvalue weighted by molar-refractivity contribution is -0.137. The van der Waals surface area contributed by atoms with Crippen molar-refractivity contribution in [2.75, 3.05) is 53.2 Å². The molecule has 1 aromatic heterocycles. The molecule has 0 radical (unpaired) electrons. The van der Waals surface area contributed by atoms with E-state index in [4.69, 9.17) is 23.7 Å². The minimum atomic E-state index is -0.534. The molecule has 0 atom stereocenters. The van der Waals surface area contributed by atoms with Crippen LogP contribution in [-0.4, -0.2) is 81.1 Å². The summed E-state index contributed by atoms with van der Waals surface area (Å²) in [5, 5.41) is 13.4. The standard InChI is InChI=1S/C26H31N5O7/c1-4-36-23-12-19(5-6-22(23)37-17-25(33)31-7-9-35-10-8-31)14-28-30-24(32)16-38-26-21(13-27)20(15-34-3)11-18(2)29-26/h5-6,11-12,14H,4,7-10,15-17H2,1-3H3,(H,30,32)/b28-14+. The second-order valence-corrected chi connectivity index (χ2v) is 8.15. The third kappa shape index (κ3) is 8.16. The van der Waals surface area contributed by atoms with Crippen LogP contribution >= 0.6 is 0 Å². The molecular weight excluding hydrogens is 494 g/mol. The second kappa shape index (κ2) is 14.5. The molecular formula is C26H31N5O7. The van der Waals surface area contributed by atoms with E-state index in [2.05, 4.69) is 15.5 Å². The number of rotatable bonds is 12. The quantitative estimate of drug-likeness (QED) is 0.322. The van der Waals surface area contributed by atoms with Crippen LogP contribution in [-0.2, 0) is 25.7 Å². The van der Waals surface area contributed by atoms with Gasteiger partial charge in [0.15, 0.2) is 24.7 Å². The molecule has 2 heterocycles. The first-order valence-electron chi connectivity index (χ1n) is 12.0. The number of carbonyl (C=O) groups excluding carboxylic acids is 2. The van der Waals surface area contributed by atoms with Crippen molar-refractivity contribution >= 4 is 18.0 Å². The third-order valence-electron chi connectivity index (χ3n) is 5.33. The Morgan fingerprint density at radius 1 is 1.18 bits per heavy atom. The largest absolute Gasteiger partial charge is 0.490 e. The number of hydrogen-bond donors (Lipinski definition) is 1. The van der Waals surface area contributed by atoms with Crippen LogP contribution in [0.1, 0.15) is 29.3 Å². The number of nitrogens with one attached hydrogen (secondary N) is 1. The van der Waals surface area contributed by atoms with E-state index >= 15 is 0 Å². The summed E-state index contributed by atoms with van der Waals surface area (Å²) in [4.78, 5) is 30.5. The average Bonchev–Trinajstić information content (AvgIpc) is 2.92. The van der Waals surface area contributed by atoms with Crippen molar-refractivity contribution in [1.29, 1.82) is 5.26 Å². The first kappa shape index (κ1) is 28.4. The van der Waals surface area contributed by atoms with Crippen molar-refractivity contribution in [3.8, 4) is 23.4 Å². The fourth-order valence-corrected chi connectivity index (χ4v) is 3.58. The molecule has 38 heavy (non-hydrogen) atoms. The van der Waals surface area contributed by atoms with E-state index in [0.29, 0.717) is 61.2 Å². The van der Waals surface area contributed by atoms with Crippen LogP contribution in [0.4, 0.5) is 0 Å². The normalized spacial score (nSPS) is 13.2. The van der Waals surface area contributed by atoms with Gasteiger partial charge in [-0.2, -0.15) is 10.4 Å². The van der Waals surface area contributed by atoms with E-state index in [1.165, 1.54) is 13.3 Å². The van der Waals surface area contributed by atoms with Crippen molar-refractivity contribution in [1.82, 2.24) is 15.3 Å². The molecule has 1 fully saturated rings. The number of nitrogens with zero attached hydrogens (tertiary/aromatic N) is 4. The molecule has 1 N–H and O–H groups in total. The Balaban J connectivity index is 1.56. The van der Waals surface area contributed by atoms with Gasteiger partial charge in [0.2, 0.25) is 5.88 Å². The number of methoxy groups -OCH3 is 1. The lowest BCUT2D eigenvalue weighted by atomic mass is 10.1. The summed E-state index contributed by atoms with van der Waals surface area (Å²) in [6.07, 6.45) is 1.44.